The van der Waals surface area contributed by atoms with Crippen LogP contribution in [0.2, 0.25) is 0 Å². The summed E-state index contributed by atoms with van der Waals surface area (Å²) in [6.45, 7) is 4.00. The van der Waals surface area contributed by atoms with Gasteiger partial charge in [0.2, 0.25) is 0 Å². The van der Waals surface area contributed by atoms with E-state index in [2.05, 4.69) is 4.99 Å². The van der Waals surface area contributed by atoms with Gasteiger partial charge in [0, 0.05) is 6.42 Å². The third-order valence-electron chi connectivity index (χ3n) is 2.50. The minimum atomic E-state index is 0.172. The number of benzene rings is 1. The first-order chi connectivity index (χ1) is 6.70. The monoisotopic (exact) mass is 187 g/mol. The maximum atomic E-state index is 11.6. The van der Waals surface area contributed by atoms with Crippen LogP contribution in [0.4, 0.5) is 5.69 Å². The zero-order valence-corrected chi connectivity index (χ0v) is 8.50. The number of carbonyl (C=O) groups excluding carboxylic acids is 1. The van der Waals surface area contributed by atoms with E-state index < -0.39 is 0 Å². The van der Waals surface area contributed by atoms with Crippen LogP contribution in [-0.4, -0.2) is 11.5 Å². The molecule has 2 rings (SSSR count). The van der Waals surface area contributed by atoms with E-state index >= 15 is 0 Å². The number of fused-ring (bicyclic) bond motifs is 1. The van der Waals surface area contributed by atoms with E-state index in [1.165, 1.54) is 5.56 Å². The highest BCUT2D eigenvalue weighted by Gasteiger charge is 2.18. The first kappa shape index (κ1) is 9.13. The smallest absolute Gasteiger partial charge is 0.181 e. The second-order valence-electron chi connectivity index (χ2n) is 3.64. The van der Waals surface area contributed by atoms with Crippen LogP contribution in [-0.2, 0) is 11.2 Å². The van der Waals surface area contributed by atoms with Crippen molar-refractivity contribution in [2.24, 2.45) is 4.99 Å². The number of rotatable bonds is 1. The van der Waals surface area contributed by atoms with Crippen LogP contribution in [0.5, 0.6) is 0 Å². The van der Waals surface area contributed by atoms with E-state index in [9.17, 15) is 4.79 Å². The summed E-state index contributed by atoms with van der Waals surface area (Å²) in [7, 11) is 0. The number of hydrogen-bond acceptors (Lipinski definition) is 2. The van der Waals surface area contributed by atoms with Gasteiger partial charge in [-0.15, -0.1) is 0 Å². The summed E-state index contributed by atoms with van der Waals surface area (Å²) in [4.78, 5) is 15.9. The minimum absolute atomic E-state index is 0.172. The molecular weight excluding hydrogens is 174 g/mol. The summed E-state index contributed by atoms with van der Waals surface area (Å²) in [6.07, 6.45) is 1.25. The first-order valence-corrected chi connectivity index (χ1v) is 4.91. The maximum absolute atomic E-state index is 11.6. The number of hydrogen-bond donors (Lipinski definition) is 0. The lowest BCUT2D eigenvalue weighted by atomic mass is 9.98. The molecule has 0 fully saturated rings. The summed E-state index contributed by atoms with van der Waals surface area (Å²) >= 11 is 0. The summed E-state index contributed by atoms with van der Waals surface area (Å²) in [6, 6.07) is 6.07. The van der Waals surface area contributed by atoms with E-state index in [1.807, 2.05) is 32.0 Å². The van der Waals surface area contributed by atoms with E-state index in [0.717, 1.165) is 17.7 Å². The van der Waals surface area contributed by atoms with E-state index in [-0.39, 0.29) is 5.78 Å². The molecule has 1 aromatic carbocycles. The van der Waals surface area contributed by atoms with Crippen molar-refractivity contribution in [1.29, 1.82) is 0 Å². The van der Waals surface area contributed by atoms with Gasteiger partial charge in [-0.2, -0.15) is 0 Å². The number of aryl methyl sites for hydroxylation is 1. The second kappa shape index (κ2) is 3.37. The van der Waals surface area contributed by atoms with E-state index in [1.54, 1.807) is 0 Å². The first-order valence-electron chi connectivity index (χ1n) is 4.91. The molecule has 0 aliphatic carbocycles. The SMILES string of the molecule is CCC1=Nc2ccc(C)cc2CC1=O. The van der Waals surface area contributed by atoms with Gasteiger partial charge in [0.15, 0.2) is 5.78 Å². The van der Waals surface area contributed by atoms with Crippen LogP contribution in [0.15, 0.2) is 23.2 Å². The topological polar surface area (TPSA) is 29.4 Å². The van der Waals surface area contributed by atoms with Gasteiger partial charge >= 0.3 is 0 Å². The van der Waals surface area contributed by atoms with Gasteiger partial charge in [-0.1, -0.05) is 24.6 Å². The Hall–Kier alpha value is -1.44. The molecule has 0 unspecified atom stereocenters. The van der Waals surface area contributed by atoms with Crippen molar-refractivity contribution < 1.29 is 4.79 Å². The molecule has 72 valence electrons. The Morgan fingerprint density at radius 2 is 2.21 bits per heavy atom. The van der Waals surface area contributed by atoms with Crippen LogP contribution < -0.4 is 0 Å². The molecule has 0 saturated heterocycles. The summed E-state index contributed by atoms with van der Waals surface area (Å²) < 4.78 is 0. The molecule has 14 heavy (non-hydrogen) atoms. The standard InChI is InChI=1S/C12H13NO/c1-3-10-12(14)7-9-6-8(2)4-5-11(9)13-10/h4-6H,3,7H2,1-2H3. The molecule has 2 heteroatoms. The van der Waals surface area contributed by atoms with Gasteiger partial charge < -0.3 is 0 Å². The third-order valence-corrected chi connectivity index (χ3v) is 2.50. The number of ketones is 1. The van der Waals surface area contributed by atoms with Crippen LogP contribution in [0.1, 0.15) is 24.5 Å². The van der Waals surface area contributed by atoms with E-state index in [4.69, 9.17) is 0 Å². The van der Waals surface area contributed by atoms with Gasteiger partial charge in [-0.3, -0.25) is 4.79 Å². The fourth-order valence-corrected chi connectivity index (χ4v) is 1.72. The van der Waals surface area contributed by atoms with Crippen molar-refractivity contribution in [3.63, 3.8) is 0 Å². The van der Waals surface area contributed by atoms with Crippen molar-refractivity contribution in [3.05, 3.63) is 29.3 Å². The van der Waals surface area contributed by atoms with Gasteiger partial charge in [-0.05, 0) is 25.0 Å². The molecule has 0 saturated carbocycles. The molecule has 1 aliphatic heterocycles. The molecule has 1 heterocycles. The van der Waals surface area contributed by atoms with Gasteiger partial charge in [0.05, 0.1) is 11.4 Å². The minimum Gasteiger partial charge on any atom is -0.292 e. The van der Waals surface area contributed by atoms with Crippen LogP contribution >= 0.6 is 0 Å². The van der Waals surface area contributed by atoms with Crippen molar-refractivity contribution in [2.45, 2.75) is 26.7 Å². The predicted molar refractivity (Wildman–Crippen MR) is 57.3 cm³/mol. The normalized spacial score (nSPS) is 15.0. The Morgan fingerprint density at radius 1 is 1.43 bits per heavy atom. The Bertz CT molecular complexity index is 418. The third kappa shape index (κ3) is 1.48. The quantitative estimate of drug-likeness (QED) is 0.664. The molecule has 1 aromatic rings. The predicted octanol–water partition coefficient (Wildman–Crippen LogP) is 2.60. The molecule has 0 radical (unpaired) electrons. The number of nitrogens with zero attached hydrogens (tertiary/aromatic N) is 1. The average molecular weight is 187 g/mol. The number of aliphatic imine (C=N–C) groups is 1. The summed E-state index contributed by atoms with van der Waals surface area (Å²) in [5.41, 5.74) is 3.92. The Kier molecular flexibility index (Phi) is 2.20. The zero-order valence-electron chi connectivity index (χ0n) is 8.50. The van der Waals surface area contributed by atoms with Gasteiger partial charge in [-0.25, -0.2) is 4.99 Å². The lowest BCUT2D eigenvalue weighted by Crippen LogP contribution is -2.19. The molecule has 0 N–H and O–H groups in total. The lowest BCUT2D eigenvalue weighted by molar-refractivity contribution is -0.112. The molecular formula is C12H13NO. The molecule has 0 aromatic heterocycles. The highest BCUT2D eigenvalue weighted by atomic mass is 16.1. The summed E-state index contributed by atoms with van der Waals surface area (Å²) in [5.74, 6) is 0.172. The lowest BCUT2D eigenvalue weighted by Gasteiger charge is -2.13. The number of carbonyl (C=O) groups is 1. The van der Waals surface area contributed by atoms with E-state index in [0.29, 0.717) is 12.1 Å². The highest BCUT2D eigenvalue weighted by Crippen LogP contribution is 2.25. The number of Topliss-reactive ketones (excluding diaryl/α,β-unsaturated/α-hetero) is 1. The van der Waals surface area contributed by atoms with Crippen LogP contribution in [0.3, 0.4) is 0 Å². The Balaban J connectivity index is 2.51. The fraction of sp³-hybridized carbons (Fsp3) is 0.333. The molecule has 0 spiro atoms. The van der Waals surface area contributed by atoms with Crippen molar-refractivity contribution in [3.8, 4) is 0 Å². The largest absolute Gasteiger partial charge is 0.292 e. The fourth-order valence-electron chi connectivity index (χ4n) is 1.72. The molecule has 0 amide bonds. The second-order valence-corrected chi connectivity index (χ2v) is 3.64. The molecule has 2 nitrogen and oxygen atoms in total. The average Bonchev–Trinajstić information content (AvgIpc) is 2.16. The Labute approximate surface area is 83.7 Å². The van der Waals surface area contributed by atoms with Crippen LogP contribution in [0.25, 0.3) is 0 Å². The van der Waals surface area contributed by atoms with Crippen molar-refractivity contribution in [1.82, 2.24) is 0 Å². The molecule has 1 aliphatic rings. The highest BCUT2D eigenvalue weighted by molar-refractivity contribution is 6.41. The maximum Gasteiger partial charge on any atom is 0.181 e. The van der Waals surface area contributed by atoms with Gasteiger partial charge in [0.25, 0.3) is 0 Å². The Morgan fingerprint density at radius 3 is 2.93 bits per heavy atom. The zero-order chi connectivity index (χ0) is 10.1. The van der Waals surface area contributed by atoms with Crippen molar-refractivity contribution >= 4 is 17.2 Å². The van der Waals surface area contributed by atoms with Gasteiger partial charge in [0.1, 0.15) is 0 Å². The van der Waals surface area contributed by atoms with Crippen molar-refractivity contribution in [2.75, 3.05) is 0 Å². The molecule has 0 atom stereocenters. The molecule has 0 bridgehead atoms. The summed E-state index contributed by atoms with van der Waals surface area (Å²) in [5, 5.41) is 0. The van der Waals surface area contributed by atoms with Crippen LogP contribution in [0, 0.1) is 6.92 Å².